The summed E-state index contributed by atoms with van der Waals surface area (Å²) in [7, 11) is 0. The van der Waals surface area contributed by atoms with Gasteiger partial charge in [-0.15, -0.1) is 0 Å². The third kappa shape index (κ3) is 3.84. The molecule has 0 unspecified atom stereocenters. The van der Waals surface area contributed by atoms with Gasteiger partial charge in [0.05, 0.1) is 24.1 Å². The van der Waals surface area contributed by atoms with Crippen molar-refractivity contribution in [1.29, 1.82) is 0 Å². The minimum absolute atomic E-state index is 0.120. The molecule has 1 aromatic carbocycles. The molecule has 1 atom stereocenters. The molecule has 3 rings (SSSR count). The lowest BCUT2D eigenvalue weighted by Crippen LogP contribution is -2.15. The van der Waals surface area contributed by atoms with E-state index >= 15 is 0 Å². The van der Waals surface area contributed by atoms with Crippen LogP contribution in [0.25, 0.3) is 10.9 Å². The van der Waals surface area contributed by atoms with Crippen LogP contribution < -0.4 is 10.9 Å². The molecule has 1 aliphatic rings. The van der Waals surface area contributed by atoms with Crippen LogP contribution in [0.3, 0.4) is 0 Å². The van der Waals surface area contributed by atoms with Gasteiger partial charge in [-0.3, -0.25) is 9.78 Å². The number of rotatable bonds is 7. The first-order valence-electron chi connectivity index (χ1n) is 7.71. The van der Waals surface area contributed by atoms with Gasteiger partial charge in [0, 0.05) is 25.7 Å². The number of benzene rings is 1. The second-order valence-corrected chi connectivity index (χ2v) is 5.52. The highest BCUT2D eigenvalue weighted by Gasteiger charge is 2.15. The number of aromatic nitrogens is 2. The predicted octanol–water partition coefficient (Wildman–Crippen LogP) is 1.78. The molecule has 6 nitrogen and oxygen atoms in total. The van der Waals surface area contributed by atoms with Crippen LogP contribution in [0.1, 0.15) is 12.8 Å². The molecule has 0 aliphatic carbocycles. The van der Waals surface area contributed by atoms with Crippen LogP contribution in [0, 0.1) is 5.92 Å². The Morgan fingerprint density at radius 1 is 1.41 bits per heavy atom. The predicted molar refractivity (Wildman–Crippen MR) is 85.2 cm³/mol. The first-order valence-corrected chi connectivity index (χ1v) is 7.71. The van der Waals surface area contributed by atoms with Crippen molar-refractivity contribution >= 4 is 16.9 Å². The summed E-state index contributed by atoms with van der Waals surface area (Å²) in [6.45, 7) is 3.85. The highest BCUT2D eigenvalue weighted by molar-refractivity contribution is 5.78. The summed E-state index contributed by atoms with van der Waals surface area (Å²) in [5.74, 6) is 1.05. The van der Waals surface area contributed by atoms with Crippen molar-refractivity contribution in [3.8, 4) is 0 Å². The molecular formula is C16H21N3O3. The largest absolute Gasteiger partial charge is 0.381 e. The molecule has 6 heteroatoms. The number of hydrogen-bond acceptors (Lipinski definition) is 5. The number of ether oxygens (including phenoxy) is 2. The van der Waals surface area contributed by atoms with E-state index in [1.807, 2.05) is 18.2 Å². The van der Waals surface area contributed by atoms with Crippen LogP contribution in [0.15, 0.2) is 29.1 Å². The molecule has 0 bridgehead atoms. The average molecular weight is 303 g/mol. The Hall–Kier alpha value is -1.92. The second-order valence-electron chi connectivity index (χ2n) is 5.52. The van der Waals surface area contributed by atoms with Crippen molar-refractivity contribution in [2.45, 2.75) is 12.8 Å². The van der Waals surface area contributed by atoms with Crippen LogP contribution in [0.2, 0.25) is 0 Å². The summed E-state index contributed by atoms with van der Waals surface area (Å²) < 4.78 is 10.9. The maximum atomic E-state index is 11.9. The summed E-state index contributed by atoms with van der Waals surface area (Å²) in [6.07, 6.45) is 1.96. The molecule has 22 heavy (non-hydrogen) atoms. The van der Waals surface area contributed by atoms with Gasteiger partial charge in [-0.25, -0.2) is 4.98 Å². The first kappa shape index (κ1) is 15.0. The van der Waals surface area contributed by atoms with Crippen molar-refractivity contribution in [2.75, 3.05) is 38.3 Å². The summed E-state index contributed by atoms with van der Waals surface area (Å²) in [5.41, 5.74) is 0.580. The zero-order valence-corrected chi connectivity index (χ0v) is 12.5. The van der Waals surface area contributed by atoms with E-state index < -0.39 is 0 Å². The van der Waals surface area contributed by atoms with Gasteiger partial charge in [0.1, 0.15) is 0 Å². The Morgan fingerprint density at radius 3 is 3.18 bits per heavy atom. The van der Waals surface area contributed by atoms with Crippen LogP contribution in [0.4, 0.5) is 5.95 Å². The van der Waals surface area contributed by atoms with Crippen molar-refractivity contribution in [2.24, 2.45) is 5.92 Å². The number of anilines is 1. The average Bonchev–Trinajstić information content (AvgIpc) is 3.04. The summed E-state index contributed by atoms with van der Waals surface area (Å²) in [6, 6.07) is 7.31. The van der Waals surface area contributed by atoms with Gasteiger partial charge in [-0.1, -0.05) is 12.1 Å². The van der Waals surface area contributed by atoms with E-state index in [1.54, 1.807) is 6.07 Å². The third-order valence-corrected chi connectivity index (χ3v) is 3.75. The van der Waals surface area contributed by atoms with Gasteiger partial charge < -0.3 is 14.8 Å². The number of H-pyrrole nitrogens is 1. The number of nitrogens with zero attached hydrogens (tertiary/aromatic N) is 1. The molecule has 2 heterocycles. The zero-order valence-electron chi connectivity index (χ0n) is 12.5. The molecule has 1 saturated heterocycles. The van der Waals surface area contributed by atoms with Gasteiger partial charge in [0.2, 0.25) is 5.95 Å². The summed E-state index contributed by atoms with van der Waals surface area (Å²) in [5, 5.41) is 3.74. The van der Waals surface area contributed by atoms with Crippen LogP contribution in [-0.2, 0) is 9.47 Å². The summed E-state index contributed by atoms with van der Waals surface area (Å²) in [4.78, 5) is 19.1. The molecule has 118 valence electrons. The number of aromatic amines is 1. The fourth-order valence-electron chi connectivity index (χ4n) is 2.52. The Bertz CT molecular complexity index is 665. The van der Waals surface area contributed by atoms with E-state index in [-0.39, 0.29) is 5.56 Å². The maximum absolute atomic E-state index is 11.9. The number of para-hydroxylation sites is 1. The van der Waals surface area contributed by atoms with E-state index in [0.717, 1.165) is 32.7 Å². The van der Waals surface area contributed by atoms with Gasteiger partial charge in [-0.2, -0.15) is 0 Å². The lowest BCUT2D eigenvalue weighted by Gasteiger charge is -2.09. The minimum Gasteiger partial charge on any atom is -0.381 e. The molecule has 2 aromatic rings. The van der Waals surface area contributed by atoms with E-state index in [1.165, 1.54) is 0 Å². The number of fused-ring (bicyclic) bond motifs is 1. The van der Waals surface area contributed by atoms with Crippen molar-refractivity contribution < 1.29 is 9.47 Å². The Morgan fingerprint density at radius 2 is 2.32 bits per heavy atom. The third-order valence-electron chi connectivity index (χ3n) is 3.75. The van der Waals surface area contributed by atoms with E-state index in [2.05, 4.69) is 15.3 Å². The van der Waals surface area contributed by atoms with Gasteiger partial charge in [0.25, 0.3) is 5.56 Å². The molecule has 1 aromatic heterocycles. The highest BCUT2D eigenvalue weighted by atomic mass is 16.5. The van der Waals surface area contributed by atoms with E-state index in [9.17, 15) is 4.79 Å². The molecule has 1 fully saturated rings. The molecule has 0 radical (unpaired) electrons. The fourth-order valence-corrected chi connectivity index (χ4v) is 2.52. The molecule has 2 N–H and O–H groups in total. The lowest BCUT2D eigenvalue weighted by molar-refractivity contribution is 0.0897. The zero-order chi connectivity index (χ0) is 15.2. The SMILES string of the molecule is O=c1[nH]c(NCCCOC[C@@H]2CCOC2)nc2ccccc12. The quantitative estimate of drug-likeness (QED) is 0.763. The molecule has 0 spiro atoms. The van der Waals surface area contributed by atoms with Crippen molar-refractivity contribution in [3.63, 3.8) is 0 Å². The monoisotopic (exact) mass is 303 g/mol. The second kappa shape index (κ2) is 7.38. The molecule has 0 amide bonds. The highest BCUT2D eigenvalue weighted by Crippen LogP contribution is 2.12. The summed E-state index contributed by atoms with van der Waals surface area (Å²) >= 11 is 0. The van der Waals surface area contributed by atoms with Crippen molar-refractivity contribution in [3.05, 3.63) is 34.6 Å². The van der Waals surface area contributed by atoms with E-state index in [0.29, 0.717) is 35.9 Å². The Labute approximate surface area is 128 Å². The number of nitrogens with one attached hydrogen (secondary N) is 2. The van der Waals surface area contributed by atoms with Crippen LogP contribution in [0.5, 0.6) is 0 Å². The maximum Gasteiger partial charge on any atom is 0.260 e. The molecular weight excluding hydrogens is 282 g/mol. The van der Waals surface area contributed by atoms with Crippen LogP contribution in [-0.4, -0.2) is 42.9 Å². The normalized spacial score (nSPS) is 17.9. The smallest absolute Gasteiger partial charge is 0.260 e. The number of hydrogen-bond donors (Lipinski definition) is 2. The Kier molecular flexibility index (Phi) is 5.03. The molecule has 1 aliphatic heterocycles. The molecule has 0 saturated carbocycles. The first-order chi connectivity index (χ1) is 10.8. The van der Waals surface area contributed by atoms with Gasteiger partial charge in [0.15, 0.2) is 0 Å². The topological polar surface area (TPSA) is 76.2 Å². The van der Waals surface area contributed by atoms with Crippen molar-refractivity contribution in [1.82, 2.24) is 9.97 Å². The standard InChI is InChI=1S/C16H21N3O3/c20-15-13-4-1-2-5-14(13)18-16(19-15)17-7-3-8-21-10-12-6-9-22-11-12/h1-2,4-5,12H,3,6-11H2,(H2,17,18,19,20)/t12-/m0/s1. The minimum atomic E-state index is -0.120. The van der Waals surface area contributed by atoms with Crippen LogP contribution >= 0.6 is 0 Å². The Balaban J connectivity index is 1.42. The van der Waals surface area contributed by atoms with Gasteiger partial charge >= 0.3 is 0 Å². The lowest BCUT2D eigenvalue weighted by atomic mass is 10.1. The van der Waals surface area contributed by atoms with Gasteiger partial charge in [-0.05, 0) is 25.0 Å². The van der Waals surface area contributed by atoms with E-state index in [4.69, 9.17) is 9.47 Å². The fraction of sp³-hybridized carbons (Fsp3) is 0.500.